The number of nitrogens with one attached hydrogen (secondary N) is 4. The van der Waals surface area contributed by atoms with Gasteiger partial charge in [0.15, 0.2) is 0 Å². The van der Waals surface area contributed by atoms with Gasteiger partial charge in [-0.2, -0.15) is 0 Å². The van der Waals surface area contributed by atoms with Crippen molar-refractivity contribution < 1.29 is 28.8 Å². The summed E-state index contributed by atoms with van der Waals surface area (Å²) in [7, 11) is 0. The van der Waals surface area contributed by atoms with Crippen LogP contribution in [0.5, 0.6) is 0 Å². The van der Waals surface area contributed by atoms with Crippen LogP contribution in [0.3, 0.4) is 0 Å². The molecule has 12 heteroatoms. The first-order valence-electron chi connectivity index (χ1n) is 22.2. The van der Waals surface area contributed by atoms with Gasteiger partial charge in [0.2, 0.25) is 29.4 Å². The van der Waals surface area contributed by atoms with Crippen LogP contribution < -0.4 is 21.3 Å². The molecule has 4 saturated carbocycles. The summed E-state index contributed by atoms with van der Waals surface area (Å²) in [6.45, 7) is 17.7. The molecule has 2 spiro atoms. The molecule has 1 unspecified atom stereocenters. The minimum Gasteiger partial charge on any atom is -0.347 e. The van der Waals surface area contributed by atoms with Crippen molar-refractivity contribution in [2.24, 2.45) is 27.6 Å². The Kier molecular flexibility index (Phi) is 12.4. The van der Waals surface area contributed by atoms with Gasteiger partial charge < -0.3 is 26.2 Å². The molecule has 6 atom stereocenters. The van der Waals surface area contributed by atoms with Crippen molar-refractivity contribution in [2.45, 2.75) is 200 Å². The van der Waals surface area contributed by atoms with Gasteiger partial charge in [-0.25, -0.2) is 0 Å². The number of nitrogens with zero attached hydrogens (tertiary/aromatic N) is 2. The van der Waals surface area contributed by atoms with Gasteiger partial charge in [-0.05, 0) is 107 Å². The Balaban J connectivity index is 1.27. The van der Waals surface area contributed by atoms with Crippen molar-refractivity contribution in [1.29, 1.82) is 0 Å². The van der Waals surface area contributed by atoms with Crippen LogP contribution in [0.25, 0.3) is 0 Å². The summed E-state index contributed by atoms with van der Waals surface area (Å²) in [6, 6.07) is -3.67. The molecule has 0 aromatic carbocycles. The predicted molar refractivity (Wildman–Crippen MR) is 215 cm³/mol. The lowest BCUT2D eigenvalue weighted by atomic mass is 9.73. The molecule has 314 valence electrons. The molecule has 2 aliphatic heterocycles. The van der Waals surface area contributed by atoms with E-state index >= 15 is 4.79 Å². The van der Waals surface area contributed by atoms with E-state index in [-0.39, 0.29) is 58.0 Å². The molecule has 0 aromatic heterocycles. The molecule has 6 aliphatic rings. The third kappa shape index (κ3) is 7.90. The summed E-state index contributed by atoms with van der Waals surface area (Å²) in [5, 5.41) is 12.1. The summed E-state index contributed by atoms with van der Waals surface area (Å²) in [6.07, 6.45) is 13.6. The van der Waals surface area contributed by atoms with E-state index in [9.17, 15) is 24.0 Å². The fourth-order valence-electron chi connectivity index (χ4n) is 11.6. The van der Waals surface area contributed by atoms with Crippen LogP contribution in [0.4, 0.5) is 0 Å². The molecule has 6 fully saturated rings. The van der Waals surface area contributed by atoms with Crippen molar-refractivity contribution in [3.05, 3.63) is 0 Å². The maximum Gasteiger partial charge on any atom is 0.289 e. The average Bonchev–Trinajstić information content (AvgIpc) is 3.96. The molecular formula is C44H72N6O6. The quantitative estimate of drug-likeness (QED) is 0.185. The Morgan fingerprint density at radius 1 is 0.768 bits per heavy atom. The fraction of sp³-hybridized carbons (Fsp3) is 0.864. The highest BCUT2D eigenvalue weighted by Crippen LogP contribution is 2.88. The van der Waals surface area contributed by atoms with Crippen molar-refractivity contribution in [2.75, 3.05) is 13.1 Å². The highest BCUT2D eigenvalue weighted by atomic mass is 16.2. The van der Waals surface area contributed by atoms with Gasteiger partial charge in [0.05, 0.1) is 12.1 Å². The van der Waals surface area contributed by atoms with Gasteiger partial charge in [-0.15, -0.1) is 0 Å². The average molecular weight is 781 g/mol. The van der Waals surface area contributed by atoms with Crippen molar-refractivity contribution in [1.82, 2.24) is 31.1 Å². The second kappa shape index (κ2) is 16.3. The zero-order valence-corrected chi connectivity index (χ0v) is 35.7. The first-order valence-corrected chi connectivity index (χ1v) is 22.2. The standard InChI is InChI=1S/C44H72N6O6/c1-9-16-30(34(51)38(54)45-29-20-21-29)46-37(53)32-25-44(42(7,8)43(44)22-15-23-43)26-50(32)40(56)33(28-17-11-10-12-18-28)47-39(55)35(41(4,5)6)48-36(52)31-19-13-14-24-49(31)27(2)3/h27-33,35H,9-26H2,1-8H3,(H,45,54)(H,46,53)(H,47,55)(H,48,52)/t30-,31-,32-,33-,35?,44+/m0/s1. The third-order valence-corrected chi connectivity index (χ3v) is 15.4. The first-order chi connectivity index (χ1) is 26.4. The SMILES string of the molecule is CCC[C@H](NC(=O)[C@@H]1C[C@@]2(CN1C(=O)[C@@H](NC(=O)C(NC(=O)[C@@H]1CCCCN1C(C)C)C(C)(C)C)C1CCCCC1)C(C)(C)C21CCC1)C(=O)C(=O)NC1CC1. The molecule has 2 saturated heterocycles. The lowest BCUT2D eigenvalue weighted by Crippen LogP contribution is -2.63. The van der Waals surface area contributed by atoms with Crippen LogP contribution in [-0.2, 0) is 28.8 Å². The number of Topliss-reactive ketones (excluding diaryl/α,β-unsaturated/α-hetero) is 1. The fourth-order valence-corrected chi connectivity index (χ4v) is 11.6. The summed E-state index contributed by atoms with van der Waals surface area (Å²) in [5.41, 5.74) is -0.930. The second-order valence-corrected chi connectivity index (χ2v) is 20.3. The van der Waals surface area contributed by atoms with E-state index in [0.717, 1.165) is 90.0 Å². The molecule has 6 rings (SSSR count). The van der Waals surface area contributed by atoms with E-state index < -0.39 is 47.2 Å². The molecule has 5 amide bonds. The van der Waals surface area contributed by atoms with Gasteiger partial charge in [-0.1, -0.05) is 80.1 Å². The summed E-state index contributed by atoms with van der Waals surface area (Å²) < 4.78 is 0. The number of carbonyl (C=O) groups excluding carboxylic acids is 6. The lowest BCUT2D eigenvalue weighted by Gasteiger charge is -2.40. The number of ketones is 1. The molecule has 0 aromatic rings. The molecule has 0 bridgehead atoms. The monoisotopic (exact) mass is 781 g/mol. The molecule has 4 N–H and O–H groups in total. The summed E-state index contributed by atoms with van der Waals surface area (Å²) in [4.78, 5) is 88.5. The summed E-state index contributed by atoms with van der Waals surface area (Å²) >= 11 is 0. The van der Waals surface area contributed by atoms with Crippen LogP contribution in [0.2, 0.25) is 0 Å². The van der Waals surface area contributed by atoms with Crippen LogP contribution in [0.1, 0.15) is 158 Å². The number of carbonyl (C=O) groups is 6. The number of fused-ring (bicyclic) bond motifs is 1. The van der Waals surface area contributed by atoms with E-state index in [0.29, 0.717) is 25.8 Å². The Morgan fingerprint density at radius 2 is 1.41 bits per heavy atom. The van der Waals surface area contributed by atoms with Gasteiger partial charge in [0.1, 0.15) is 18.1 Å². The number of hydrogen-bond acceptors (Lipinski definition) is 7. The molecule has 2 heterocycles. The minimum atomic E-state index is -0.981. The van der Waals surface area contributed by atoms with Gasteiger partial charge >= 0.3 is 0 Å². The van der Waals surface area contributed by atoms with Gasteiger partial charge in [-0.3, -0.25) is 33.7 Å². The highest BCUT2D eigenvalue weighted by Gasteiger charge is 2.85. The van der Waals surface area contributed by atoms with Gasteiger partial charge in [0.25, 0.3) is 5.91 Å². The molecule has 56 heavy (non-hydrogen) atoms. The second-order valence-electron chi connectivity index (χ2n) is 20.3. The predicted octanol–water partition coefficient (Wildman–Crippen LogP) is 4.78. The maximum atomic E-state index is 15.3. The first kappa shape index (κ1) is 42.6. The smallest absolute Gasteiger partial charge is 0.289 e. The third-order valence-electron chi connectivity index (χ3n) is 15.4. The van der Waals surface area contributed by atoms with E-state index in [1.807, 2.05) is 27.7 Å². The Morgan fingerprint density at radius 3 is 1.96 bits per heavy atom. The van der Waals surface area contributed by atoms with Crippen molar-refractivity contribution in [3.8, 4) is 0 Å². The normalized spacial score (nSPS) is 28.9. The minimum absolute atomic E-state index is 0.0168. The zero-order chi connectivity index (χ0) is 40.8. The Bertz CT molecular complexity index is 1520. The number of hydrogen-bond donors (Lipinski definition) is 4. The lowest BCUT2D eigenvalue weighted by molar-refractivity contribution is -0.145. The molecular weight excluding hydrogens is 709 g/mol. The van der Waals surface area contributed by atoms with E-state index in [2.05, 4.69) is 53.9 Å². The van der Waals surface area contributed by atoms with Crippen LogP contribution in [-0.4, -0.2) is 101 Å². The van der Waals surface area contributed by atoms with Crippen LogP contribution >= 0.6 is 0 Å². The number of amides is 5. The number of rotatable bonds is 14. The van der Waals surface area contributed by atoms with Crippen LogP contribution in [0.15, 0.2) is 0 Å². The largest absolute Gasteiger partial charge is 0.347 e. The summed E-state index contributed by atoms with van der Waals surface area (Å²) in [5.74, 6) is -2.63. The molecule has 12 nitrogen and oxygen atoms in total. The Labute approximate surface area is 335 Å². The van der Waals surface area contributed by atoms with Crippen LogP contribution in [0, 0.1) is 27.6 Å². The topological polar surface area (TPSA) is 157 Å². The van der Waals surface area contributed by atoms with Gasteiger partial charge in [0, 0.05) is 24.0 Å². The zero-order valence-electron chi connectivity index (χ0n) is 35.7. The Hall–Kier alpha value is -3.02. The number of likely N-dealkylation sites (tertiary alicyclic amines) is 2. The van der Waals surface area contributed by atoms with E-state index in [1.54, 1.807) is 4.90 Å². The highest BCUT2D eigenvalue weighted by molar-refractivity contribution is 6.38. The van der Waals surface area contributed by atoms with E-state index in [4.69, 9.17) is 0 Å². The molecule has 4 aliphatic carbocycles. The number of piperidine rings is 1. The van der Waals surface area contributed by atoms with E-state index in [1.165, 1.54) is 0 Å². The molecule has 0 radical (unpaired) electrons. The maximum absolute atomic E-state index is 15.3. The van der Waals surface area contributed by atoms with Crippen molar-refractivity contribution >= 4 is 35.3 Å². The van der Waals surface area contributed by atoms with Crippen molar-refractivity contribution in [3.63, 3.8) is 0 Å².